The van der Waals surface area contributed by atoms with Crippen LogP contribution in [0, 0.1) is 19.7 Å². The molecule has 0 radical (unpaired) electrons. The van der Waals surface area contributed by atoms with E-state index in [1.165, 1.54) is 19.2 Å². The Bertz CT molecular complexity index is 1530. The van der Waals surface area contributed by atoms with Gasteiger partial charge in [-0.3, -0.25) is 9.78 Å². The maximum atomic E-state index is 13.7. The highest BCUT2D eigenvalue weighted by molar-refractivity contribution is 7.80. The van der Waals surface area contributed by atoms with Crippen LogP contribution in [0.3, 0.4) is 0 Å². The Labute approximate surface area is 236 Å². The van der Waals surface area contributed by atoms with Crippen molar-refractivity contribution in [3.8, 4) is 5.69 Å². The van der Waals surface area contributed by atoms with Gasteiger partial charge < -0.3 is 24.8 Å². The third-order valence-corrected chi connectivity index (χ3v) is 7.38. The van der Waals surface area contributed by atoms with E-state index < -0.39 is 0 Å². The molecule has 2 N–H and O–H groups in total. The highest BCUT2D eigenvalue weighted by atomic mass is 35.5. The first-order valence-electron chi connectivity index (χ1n) is 12.3. The van der Waals surface area contributed by atoms with E-state index in [1.807, 2.05) is 43.0 Å². The second-order valence-electron chi connectivity index (χ2n) is 9.28. The number of ether oxygens (including phenoxy) is 1. The van der Waals surface area contributed by atoms with Gasteiger partial charge in [0, 0.05) is 36.1 Å². The van der Waals surface area contributed by atoms with Crippen LogP contribution in [-0.4, -0.2) is 34.3 Å². The molecule has 0 unspecified atom stereocenters. The minimum absolute atomic E-state index is 0.0737. The Morgan fingerprint density at radius 2 is 1.87 bits per heavy atom. The standard InChI is InChI=1S/C29H27ClFN5O2S/c1-17-14-22(18(2)35(17)20-9-7-19(31)8-10-20)28-27(25-6-4-5-13-32-25)34-29(39)36(28)21-11-12-24(23(30)15-21)33-26(37)16-38-3/h4-15,27-28H,16H2,1-3H3,(H,33,37)(H,34,39)/t27-,28-/m1/s1. The van der Waals surface area contributed by atoms with Crippen LogP contribution < -0.4 is 15.5 Å². The molecule has 2 atom stereocenters. The largest absolute Gasteiger partial charge is 0.375 e. The molecule has 1 aliphatic rings. The van der Waals surface area contributed by atoms with Crippen LogP contribution in [0.1, 0.15) is 34.7 Å². The maximum absolute atomic E-state index is 13.7. The van der Waals surface area contributed by atoms with Crippen molar-refractivity contribution in [3.05, 3.63) is 106 Å². The topological polar surface area (TPSA) is 71.4 Å². The number of thiocarbonyl (C=S) groups is 1. The molecule has 0 saturated carbocycles. The summed E-state index contributed by atoms with van der Waals surface area (Å²) in [6.45, 7) is 3.99. The van der Waals surface area contributed by atoms with Crippen molar-refractivity contribution in [1.29, 1.82) is 0 Å². The predicted octanol–water partition coefficient (Wildman–Crippen LogP) is 6.04. The van der Waals surface area contributed by atoms with Crippen LogP contribution in [0.4, 0.5) is 15.8 Å². The van der Waals surface area contributed by atoms with Crippen molar-refractivity contribution in [1.82, 2.24) is 14.9 Å². The molecule has 39 heavy (non-hydrogen) atoms. The molecule has 0 bridgehead atoms. The molecule has 2 aromatic heterocycles. The summed E-state index contributed by atoms with van der Waals surface area (Å²) in [5, 5.41) is 7.11. The third kappa shape index (κ3) is 5.25. The Hall–Kier alpha value is -3.79. The highest BCUT2D eigenvalue weighted by Crippen LogP contribution is 2.44. The number of aromatic nitrogens is 2. The predicted molar refractivity (Wildman–Crippen MR) is 155 cm³/mol. The van der Waals surface area contributed by atoms with Crippen LogP contribution in [-0.2, 0) is 9.53 Å². The minimum atomic E-state index is -0.299. The zero-order valence-electron chi connectivity index (χ0n) is 21.6. The van der Waals surface area contributed by atoms with Gasteiger partial charge in [0.1, 0.15) is 12.4 Å². The van der Waals surface area contributed by atoms with E-state index in [4.69, 9.17) is 28.6 Å². The lowest BCUT2D eigenvalue weighted by atomic mass is 9.96. The molecule has 10 heteroatoms. The average molecular weight is 564 g/mol. The number of hydrogen-bond acceptors (Lipinski definition) is 4. The summed E-state index contributed by atoms with van der Waals surface area (Å²) >= 11 is 12.5. The van der Waals surface area contributed by atoms with Crippen molar-refractivity contribution >= 4 is 46.2 Å². The van der Waals surface area contributed by atoms with Crippen LogP contribution >= 0.6 is 23.8 Å². The van der Waals surface area contributed by atoms with Crippen LogP contribution in [0.5, 0.6) is 0 Å². The zero-order valence-corrected chi connectivity index (χ0v) is 23.2. The molecule has 200 valence electrons. The van der Waals surface area contributed by atoms with E-state index in [2.05, 4.69) is 26.3 Å². The van der Waals surface area contributed by atoms with Gasteiger partial charge in [-0.15, -0.1) is 0 Å². The Morgan fingerprint density at radius 3 is 2.54 bits per heavy atom. The molecule has 7 nitrogen and oxygen atoms in total. The maximum Gasteiger partial charge on any atom is 0.250 e. The number of carbonyl (C=O) groups is 1. The molecular formula is C29H27ClFN5O2S. The number of nitrogens with one attached hydrogen (secondary N) is 2. The van der Waals surface area contributed by atoms with Gasteiger partial charge in [0.25, 0.3) is 0 Å². The number of carbonyl (C=O) groups excluding carboxylic acids is 1. The molecule has 0 aliphatic carbocycles. The van der Waals surface area contributed by atoms with Gasteiger partial charge in [-0.05, 0) is 92.3 Å². The lowest BCUT2D eigenvalue weighted by Gasteiger charge is -2.28. The quantitative estimate of drug-likeness (QED) is 0.267. The number of aryl methyl sites for hydroxylation is 1. The molecule has 4 aromatic rings. The molecule has 2 aromatic carbocycles. The number of halogens is 2. The minimum Gasteiger partial charge on any atom is -0.375 e. The van der Waals surface area contributed by atoms with Gasteiger partial charge in [0.05, 0.1) is 28.5 Å². The lowest BCUT2D eigenvalue weighted by molar-refractivity contribution is -0.119. The Kier molecular flexibility index (Phi) is 7.65. The summed E-state index contributed by atoms with van der Waals surface area (Å²) in [7, 11) is 1.46. The molecule has 5 rings (SSSR count). The van der Waals surface area contributed by atoms with Gasteiger partial charge in [-0.2, -0.15) is 0 Å². The molecule has 1 amide bonds. The second-order valence-corrected chi connectivity index (χ2v) is 10.1. The summed E-state index contributed by atoms with van der Waals surface area (Å²) in [4.78, 5) is 18.7. The number of rotatable bonds is 7. The van der Waals surface area contributed by atoms with E-state index in [0.717, 1.165) is 34.0 Å². The normalized spacial score (nSPS) is 16.8. The fourth-order valence-electron chi connectivity index (χ4n) is 5.10. The summed E-state index contributed by atoms with van der Waals surface area (Å²) in [6.07, 6.45) is 1.76. The molecule has 1 saturated heterocycles. The third-order valence-electron chi connectivity index (χ3n) is 6.75. The van der Waals surface area contributed by atoms with Crippen LogP contribution in [0.15, 0.2) is 72.9 Å². The fourth-order valence-corrected chi connectivity index (χ4v) is 5.66. The smallest absolute Gasteiger partial charge is 0.250 e. The number of nitrogens with zero attached hydrogens (tertiary/aromatic N) is 3. The molecule has 3 heterocycles. The molecule has 1 fully saturated rings. The first-order valence-corrected chi connectivity index (χ1v) is 13.1. The van der Waals surface area contributed by atoms with Gasteiger partial charge in [-0.25, -0.2) is 4.39 Å². The van der Waals surface area contributed by atoms with Crippen molar-refractivity contribution in [2.45, 2.75) is 25.9 Å². The van der Waals surface area contributed by atoms with E-state index >= 15 is 0 Å². The van der Waals surface area contributed by atoms with Crippen molar-refractivity contribution < 1.29 is 13.9 Å². The number of hydrogen-bond donors (Lipinski definition) is 2. The van der Waals surface area contributed by atoms with Crippen LogP contribution in [0.2, 0.25) is 5.02 Å². The Morgan fingerprint density at radius 1 is 1.13 bits per heavy atom. The van der Waals surface area contributed by atoms with E-state index in [-0.39, 0.29) is 30.4 Å². The molecule has 1 aliphatic heterocycles. The van der Waals surface area contributed by atoms with Gasteiger partial charge in [0.2, 0.25) is 5.91 Å². The summed E-state index contributed by atoms with van der Waals surface area (Å²) in [5.74, 6) is -0.585. The number of benzene rings is 2. The van der Waals surface area contributed by atoms with Crippen molar-refractivity contribution in [2.75, 3.05) is 23.9 Å². The number of methoxy groups -OCH3 is 1. The van der Waals surface area contributed by atoms with Gasteiger partial charge >= 0.3 is 0 Å². The summed E-state index contributed by atoms with van der Waals surface area (Å²) < 4.78 is 20.7. The average Bonchev–Trinajstić information content (AvgIpc) is 3.41. The first kappa shape index (κ1) is 26.8. The summed E-state index contributed by atoms with van der Waals surface area (Å²) in [5.41, 5.74) is 5.98. The Balaban J connectivity index is 1.60. The number of anilines is 2. The van der Waals surface area contributed by atoms with E-state index in [9.17, 15) is 9.18 Å². The lowest BCUT2D eigenvalue weighted by Crippen LogP contribution is -2.29. The van der Waals surface area contributed by atoms with Crippen molar-refractivity contribution in [2.24, 2.45) is 0 Å². The highest BCUT2D eigenvalue weighted by Gasteiger charge is 2.42. The monoisotopic (exact) mass is 563 g/mol. The molecular weight excluding hydrogens is 537 g/mol. The first-order chi connectivity index (χ1) is 18.8. The van der Waals surface area contributed by atoms with E-state index in [1.54, 1.807) is 30.5 Å². The van der Waals surface area contributed by atoms with Crippen molar-refractivity contribution in [3.63, 3.8) is 0 Å². The number of amides is 1. The number of pyridine rings is 1. The second kappa shape index (κ2) is 11.1. The van der Waals surface area contributed by atoms with Gasteiger partial charge in [-0.1, -0.05) is 17.7 Å². The summed E-state index contributed by atoms with van der Waals surface area (Å²) in [6, 6.07) is 19.3. The van der Waals surface area contributed by atoms with Gasteiger partial charge in [0.15, 0.2) is 5.11 Å². The fraction of sp³-hybridized carbons (Fsp3) is 0.207. The molecule has 0 spiro atoms. The zero-order chi connectivity index (χ0) is 27.7. The van der Waals surface area contributed by atoms with Crippen LogP contribution in [0.25, 0.3) is 5.69 Å². The van der Waals surface area contributed by atoms with E-state index in [0.29, 0.717) is 15.8 Å². The SMILES string of the molecule is COCC(=O)Nc1ccc(N2C(=S)N[C@H](c3ccccn3)[C@H]2c2cc(C)n(-c3ccc(F)cc3)c2C)cc1Cl.